The molecule has 1 aromatic rings. The first-order valence-electron chi connectivity index (χ1n) is 6.62. The highest BCUT2D eigenvalue weighted by Gasteiger charge is 2.42. The van der Waals surface area contributed by atoms with Crippen molar-refractivity contribution in [1.82, 2.24) is 0 Å². The minimum atomic E-state index is -0.382. The maximum atomic E-state index is 10.9. The molecule has 0 N–H and O–H groups in total. The number of alkyl halides is 1. The Hall–Kier alpha value is -1.33. The highest BCUT2D eigenvalue weighted by atomic mass is 35.5. The number of benzene rings is 1. The van der Waals surface area contributed by atoms with Gasteiger partial charge in [-0.05, 0) is 32.4 Å². The van der Waals surface area contributed by atoms with E-state index in [0.29, 0.717) is 17.9 Å². The number of nitrogens with zero attached hydrogens (tertiary/aromatic N) is 1. The third-order valence-corrected chi connectivity index (χ3v) is 3.93. The lowest BCUT2D eigenvalue weighted by Gasteiger charge is -2.40. The molecule has 0 aromatic heterocycles. The van der Waals surface area contributed by atoms with E-state index in [1.165, 1.54) is 6.07 Å². The van der Waals surface area contributed by atoms with Crippen LogP contribution in [0.3, 0.4) is 0 Å². The molecule has 110 valence electrons. The van der Waals surface area contributed by atoms with Crippen LogP contribution < -0.4 is 4.74 Å². The number of aryl methyl sites for hydroxylation is 2. The Kier molecular flexibility index (Phi) is 4.50. The van der Waals surface area contributed by atoms with E-state index < -0.39 is 0 Å². The van der Waals surface area contributed by atoms with Crippen molar-refractivity contribution in [3.05, 3.63) is 33.4 Å². The lowest BCUT2D eigenvalue weighted by molar-refractivity contribution is -0.385. The molecule has 20 heavy (non-hydrogen) atoms. The summed E-state index contributed by atoms with van der Waals surface area (Å²) in [6.45, 7) is 6.01. The van der Waals surface area contributed by atoms with Crippen LogP contribution in [0.15, 0.2) is 12.1 Å². The van der Waals surface area contributed by atoms with Crippen LogP contribution in [0.25, 0.3) is 0 Å². The predicted octanol–water partition coefficient (Wildman–Crippen LogP) is 3.38. The quantitative estimate of drug-likeness (QED) is 0.475. The average Bonchev–Trinajstić information content (AvgIpc) is 2.38. The van der Waals surface area contributed by atoms with E-state index in [1.807, 2.05) is 6.92 Å². The zero-order chi connectivity index (χ0) is 14.9. The molecule has 3 unspecified atom stereocenters. The molecule has 2 rings (SSSR count). The third-order valence-electron chi connectivity index (χ3n) is 3.51. The van der Waals surface area contributed by atoms with Crippen molar-refractivity contribution in [1.29, 1.82) is 0 Å². The highest BCUT2D eigenvalue weighted by Crippen LogP contribution is 2.35. The second kappa shape index (κ2) is 5.97. The van der Waals surface area contributed by atoms with Crippen molar-refractivity contribution in [2.75, 3.05) is 6.61 Å². The largest absolute Gasteiger partial charge is 0.487 e. The molecule has 0 radical (unpaired) electrons. The van der Waals surface area contributed by atoms with Crippen LogP contribution in [0.1, 0.15) is 24.5 Å². The fourth-order valence-electron chi connectivity index (χ4n) is 2.31. The molecular formula is C14H18ClNO4. The summed E-state index contributed by atoms with van der Waals surface area (Å²) >= 11 is 6.10. The monoisotopic (exact) mass is 299 g/mol. The topological polar surface area (TPSA) is 61.6 Å². The Morgan fingerprint density at radius 3 is 2.65 bits per heavy atom. The number of halogens is 1. The molecular weight excluding hydrogens is 282 g/mol. The normalized spacial score (nSPS) is 25.1. The standard InChI is InChI=1S/C14H18ClNO4/c1-4-19-14-10(15)7-13(14)20-12-6-8(2)11(16(17)18)5-9(12)3/h5-6,10,13-14H,4,7H2,1-3H3. The second-order valence-electron chi connectivity index (χ2n) is 4.99. The van der Waals surface area contributed by atoms with E-state index in [4.69, 9.17) is 21.1 Å². The van der Waals surface area contributed by atoms with Crippen LogP contribution in [0, 0.1) is 24.0 Å². The van der Waals surface area contributed by atoms with E-state index in [2.05, 4.69) is 0 Å². The van der Waals surface area contributed by atoms with Gasteiger partial charge in [-0.3, -0.25) is 10.1 Å². The van der Waals surface area contributed by atoms with Gasteiger partial charge in [-0.15, -0.1) is 11.6 Å². The predicted molar refractivity (Wildman–Crippen MR) is 76.7 cm³/mol. The number of rotatable bonds is 5. The van der Waals surface area contributed by atoms with Crippen LogP contribution in [0.4, 0.5) is 5.69 Å². The smallest absolute Gasteiger partial charge is 0.272 e. The molecule has 0 saturated heterocycles. The molecule has 6 heteroatoms. The van der Waals surface area contributed by atoms with Gasteiger partial charge in [0.25, 0.3) is 5.69 Å². The summed E-state index contributed by atoms with van der Waals surface area (Å²) in [6.07, 6.45) is 0.524. The molecule has 5 nitrogen and oxygen atoms in total. The maximum absolute atomic E-state index is 10.9. The number of hydrogen-bond donors (Lipinski definition) is 0. The van der Waals surface area contributed by atoms with Crippen LogP contribution in [-0.2, 0) is 4.74 Å². The molecule has 1 aliphatic carbocycles. The first-order valence-corrected chi connectivity index (χ1v) is 7.05. The number of nitro benzene ring substituents is 1. The molecule has 0 heterocycles. The van der Waals surface area contributed by atoms with Crippen LogP contribution in [-0.4, -0.2) is 29.1 Å². The fraction of sp³-hybridized carbons (Fsp3) is 0.571. The SMILES string of the molecule is CCOC1C(Cl)CC1Oc1cc(C)c([N+](=O)[O-])cc1C. The summed E-state index contributed by atoms with van der Waals surface area (Å²) in [7, 11) is 0. The van der Waals surface area contributed by atoms with Crippen LogP contribution in [0.5, 0.6) is 5.75 Å². The van der Waals surface area contributed by atoms with E-state index in [1.54, 1.807) is 19.9 Å². The van der Waals surface area contributed by atoms with Gasteiger partial charge in [-0.1, -0.05) is 0 Å². The van der Waals surface area contributed by atoms with Crippen molar-refractivity contribution in [3.8, 4) is 5.75 Å². The third kappa shape index (κ3) is 2.88. The van der Waals surface area contributed by atoms with Gasteiger partial charge in [0.2, 0.25) is 0 Å². The summed E-state index contributed by atoms with van der Waals surface area (Å²) in [5.41, 5.74) is 1.45. The molecule has 0 amide bonds. The maximum Gasteiger partial charge on any atom is 0.272 e. The van der Waals surface area contributed by atoms with Crippen molar-refractivity contribution in [3.63, 3.8) is 0 Å². The van der Waals surface area contributed by atoms with E-state index in [0.717, 1.165) is 12.0 Å². The number of hydrogen-bond acceptors (Lipinski definition) is 4. The van der Waals surface area contributed by atoms with E-state index >= 15 is 0 Å². The van der Waals surface area contributed by atoms with Crippen molar-refractivity contribution in [2.24, 2.45) is 0 Å². The first-order chi connectivity index (χ1) is 9.43. The average molecular weight is 300 g/mol. The molecule has 1 fully saturated rings. The first kappa shape index (κ1) is 15.1. The molecule has 1 aliphatic rings. The molecule has 0 bridgehead atoms. The van der Waals surface area contributed by atoms with Gasteiger partial charge in [-0.25, -0.2) is 0 Å². The fourth-order valence-corrected chi connectivity index (χ4v) is 2.72. The summed E-state index contributed by atoms with van der Waals surface area (Å²) in [4.78, 5) is 10.5. The Labute approximate surface area is 123 Å². The van der Waals surface area contributed by atoms with Crippen LogP contribution >= 0.6 is 11.6 Å². The van der Waals surface area contributed by atoms with Gasteiger partial charge in [0.15, 0.2) is 0 Å². The molecule has 3 atom stereocenters. The highest BCUT2D eigenvalue weighted by molar-refractivity contribution is 6.21. The van der Waals surface area contributed by atoms with Crippen LogP contribution in [0.2, 0.25) is 0 Å². The molecule has 1 saturated carbocycles. The Morgan fingerprint density at radius 2 is 2.10 bits per heavy atom. The molecule has 0 spiro atoms. The zero-order valence-electron chi connectivity index (χ0n) is 11.8. The van der Waals surface area contributed by atoms with E-state index in [-0.39, 0.29) is 28.2 Å². The number of nitro groups is 1. The molecule has 0 aliphatic heterocycles. The molecule has 1 aromatic carbocycles. The van der Waals surface area contributed by atoms with Crippen molar-refractivity contribution < 1.29 is 14.4 Å². The van der Waals surface area contributed by atoms with Gasteiger partial charge in [0.1, 0.15) is 18.0 Å². The van der Waals surface area contributed by atoms with Gasteiger partial charge < -0.3 is 9.47 Å². The Bertz CT molecular complexity index is 520. The van der Waals surface area contributed by atoms with Gasteiger partial charge in [0.05, 0.1) is 10.3 Å². The van der Waals surface area contributed by atoms with E-state index in [9.17, 15) is 10.1 Å². The lowest BCUT2D eigenvalue weighted by Crippen LogP contribution is -2.52. The Morgan fingerprint density at radius 1 is 1.40 bits per heavy atom. The summed E-state index contributed by atoms with van der Waals surface area (Å²) in [5, 5.41) is 10.9. The Balaban J connectivity index is 2.14. The summed E-state index contributed by atoms with van der Waals surface area (Å²) in [5.74, 6) is 0.659. The summed E-state index contributed by atoms with van der Waals surface area (Å²) in [6, 6.07) is 3.25. The van der Waals surface area contributed by atoms with Gasteiger partial charge in [-0.2, -0.15) is 0 Å². The summed E-state index contributed by atoms with van der Waals surface area (Å²) < 4.78 is 11.4. The lowest BCUT2D eigenvalue weighted by atomic mass is 9.90. The van der Waals surface area contributed by atoms with Crippen molar-refractivity contribution in [2.45, 2.75) is 44.8 Å². The zero-order valence-corrected chi connectivity index (χ0v) is 12.5. The number of ether oxygens (including phenoxy) is 2. The van der Waals surface area contributed by atoms with Gasteiger partial charge >= 0.3 is 0 Å². The van der Waals surface area contributed by atoms with Crippen molar-refractivity contribution >= 4 is 17.3 Å². The second-order valence-corrected chi connectivity index (χ2v) is 5.55. The van der Waals surface area contributed by atoms with Gasteiger partial charge in [0, 0.05) is 24.7 Å². The minimum absolute atomic E-state index is 0.0283. The minimum Gasteiger partial charge on any atom is -0.487 e.